The van der Waals surface area contributed by atoms with Gasteiger partial charge in [0.25, 0.3) is 0 Å². The molecule has 0 aromatic rings. The van der Waals surface area contributed by atoms with Crippen LogP contribution in [0.1, 0.15) is 26.7 Å². The zero-order chi connectivity index (χ0) is 17.3. The van der Waals surface area contributed by atoms with Crippen LogP contribution in [0.3, 0.4) is 0 Å². The first-order valence-corrected chi connectivity index (χ1v) is 11.4. The van der Waals surface area contributed by atoms with Gasteiger partial charge in [0.2, 0.25) is 19.9 Å². The van der Waals surface area contributed by atoms with Gasteiger partial charge in [-0.05, 0) is 31.5 Å². The summed E-state index contributed by atoms with van der Waals surface area (Å²) in [6.45, 7) is 5.22. The summed E-state index contributed by atoms with van der Waals surface area (Å²) in [5, 5.41) is 8.41. The lowest BCUT2D eigenvalue weighted by Gasteiger charge is -2.24. The predicted octanol–water partition coefficient (Wildman–Crippen LogP) is 0.667. The number of sulfonamides is 1. The Bertz CT molecular complexity index is 725. The van der Waals surface area contributed by atoms with Crippen LogP contribution < -0.4 is 10.5 Å². The van der Waals surface area contributed by atoms with Gasteiger partial charge in [-0.2, -0.15) is 0 Å². The number of nitrogens with one attached hydrogen (secondary N) is 1. The van der Waals surface area contributed by atoms with Gasteiger partial charge in [-0.3, -0.25) is 0 Å². The third-order valence-corrected chi connectivity index (χ3v) is 9.32. The third-order valence-electron chi connectivity index (χ3n) is 3.69. The molecule has 10 heteroatoms. The van der Waals surface area contributed by atoms with Crippen LogP contribution in [-0.4, -0.2) is 47.2 Å². The van der Waals surface area contributed by atoms with Gasteiger partial charge in [0.1, 0.15) is 8.82 Å². The van der Waals surface area contributed by atoms with Crippen molar-refractivity contribution in [3.8, 4) is 0 Å². The van der Waals surface area contributed by atoms with Gasteiger partial charge in [-0.15, -0.1) is 0 Å². The fourth-order valence-corrected chi connectivity index (χ4v) is 7.52. The Morgan fingerprint density at radius 3 is 2.70 bits per heavy atom. The minimum atomic E-state index is -3.81. The van der Waals surface area contributed by atoms with Crippen molar-refractivity contribution in [2.75, 3.05) is 19.8 Å². The van der Waals surface area contributed by atoms with Crippen molar-refractivity contribution in [1.82, 2.24) is 5.32 Å². The summed E-state index contributed by atoms with van der Waals surface area (Å²) in [6, 6.07) is -0.283. The van der Waals surface area contributed by atoms with Crippen LogP contribution >= 0.6 is 11.8 Å². The van der Waals surface area contributed by atoms with E-state index in [1.807, 2.05) is 13.8 Å². The van der Waals surface area contributed by atoms with Crippen molar-refractivity contribution >= 4 is 31.6 Å². The molecule has 3 N–H and O–H groups in total. The smallest absolute Gasteiger partial charge is 0.222 e. The number of nitrogens with two attached hydrogens (primary N) is 1. The van der Waals surface area contributed by atoms with E-state index in [-0.39, 0.29) is 28.0 Å². The maximum atomic E-state index is 12.7. The molecule has 2 unspecified atom stereocenters. The first-order valence-electron chi connectivity index (χ1n) is 7.40. The van der Waals surface area contributed by atoms with Crippen LogP contribution in [0, 0.1) is 0 Å². The average molecular weight is 383 g/mol. The standard InChI is InChI=1S/C13H22N2O5S3/c1-3-15-11-7-9(5-6-20-4-2)22(16,17)13-10(11)8-12(21-13)23(14,18)19/h7,11-12,15H,3-6,8H2,1-2H3,(H2,14,18,19). The van der Waals surface area contributed by atoms with Crippen molar-refractivity contribution in [2.24, 2.45) is 5.14 Å². The Kier molecular flexibility index (Phi) is 5.96. The van der Waals surface area contributed by atoms with Crippen LogP contribution in [0.15, 0.2) is 20.8 Å². The second-order valence-corrected chi connectivity index (χ2v) is 10.7. The van der Waals surface area contributed by atoms with E-state index in [0.29, 0.717) is 25.3 Å². The molecule has 2 atom stereocenters. The number of hydrogen-bond donors (Lipinski definition) is 2. The van der Waals surface area contributed by atoms with Crippen LogP contribution in [0.25, 0.3) is 0 Å². The van der Waals surface area contributed by atoms with Gasteiger partial charge in [-0.1, -0.05) is 18.7 Å². The van der Waals surface area contributed by atoms with E-state index in [9.17, 15) is 16.8 Å². The lowest BCUT2D eigenvalue weighted by Crippen LogP contribution is -2.33. The molecule has 2 heterocycles. The number of rotatable bonds is 7. The summed E-state index contributed by atoms with van der Waals surface area (Å²) in [5.74, 6) is 0. The van der Waals surface area contributed by atoms with E-state index >= 15 is 0 Å². The first kappa shape index (κ1) is 18.9. The number of likely N-dealkylation sites (N-methyl/N-ethyl adjacent to an activating group) is 1. The Balaban J connectivity index is 2.34. The molecule has 2 aliphatic heterocycles. The maximum Gasteiger partial charge on any atom is 0.222 e. The largest absolute Gasteiger partial charge is 0.381 e. The third kappa shape index (κ3) is 3.99. The Morgan fingerprint density at radius 1 is 1.43 bits per heavy atom. The minimum Gasteiger partial charge on any atom is -0.381 e. The molecule has 0 aliphatic carbocycles. The summed E-state index contributed by atoms with van der Waals surface area (Å²) in [4.78, 5) is 0.276. The van der Waals surface area contributed by atoms with Crippen LogP contribution in [0.2, 0.25) is 0 Å². The highest BCUT2D eigenvalue weighted by Gasteiger charge is 2.44. The van der Waals surface area contributed by atoms with Gasteiger partial charge in [0.05, 0.1) is 6.61 Å². The molecule has 23 heavy (non-hydrogen) atoms. The molecule has 2 rings (SSSR count). The molecule has 0 bridgehead atoms. The Hall–Kier alpha value is -0.390. The molecule has 132 valence electrons. The zero-order valence-corrected chi connectivity index (χ0v) is 15.6. The van der Waals surface area contributed by atoms with E-state index in [1.165, 1.54) is 0 Å². The summed E-state index contributed by atoms with van der Waals surface area (Å²) in [6.07, 6.45) is 2.07. The Morgan fingerprint density at radius 2 is 2.13 bits per heavy atom. The molecule has 7 nitrogen and oxygen atoms in total. The summed E-state index contributed by atoms with van der Waals surface area (Å²) < 4.78 is 53.2. The topological polar surface area (TPSA) is 116 Å². The van der Waals surface area contributed by atoms with Crippen molar-refractivity contribution in [1.29, 1.82) is 0 Å². The molecular weight excluding hydrogens is 360 g/mol. The van der Waals surface area contributed by atoms with E-state index in [1.54, 1.807) is 6.08 Å². The number of thioether (sulfide) groups is 1. The van der Waals surface area contributed by atoms with Gasteiger partial charge in [0, 0.05) is 24.0 Å². The Labute approximate surface area is 141 Å². The zero-order valence-electron chi connectivity index (χ0n) is 13.1. The van der Waals surface area contributed by atoms with Crippen LogP contribution in [0.4, 0.5) is 0 Å². The summed E-state index contributed by atoms with van der Waals surface area (Å²) >= 11 is 0.838. The van der Waals surface area contributed by atoms with Gasteiger partial charge < -0.3 is 10.1 Å². The number of primary sulfonamides is 1. The normalized spacial score (nSPS) is 27.0. The molecule has 0 radical (unpaired) electrons. The second kappa shape index (κ2) is 7.24. The molecule has 0 saturated carbocycles. The molecule has 2 aliphatic rings. The number of ether oxygens (including phenoxy) is 1. The molecule has 0 aromatic carbocycles. The van der Waals surface area contributed by atoms with Crippen molar-refractivity contribution in [3.63, 3.8) is 0 Å². The first-order chi connectivity index (χ1) is 10.7. The lowest BCUT2D eigenvalue weighted by molar-refractivity contribution is 0.152. The SMILES string of the molecule is CCNC1C=C(CCOCC)S(=O)(=O)C2=C1CC(S(N)(=O)=O)S2. The van der Waals surface area contributed by atoms with Gasteiger partial charge >= 0.3 is 0 Å². The predicted molar refractivity (Wildman–Crippen MR) is 91.7 cm³/mol. The van der Waals surface area contributed by atoms with Crippen molar-refractivity contribution in [2.45, 2.75) is 37.3 Å². The maximum absolute atomic E-state index is 12.7. The second-order valence-electron chi connectivity index (χ2n) is 5.27. The highest BCUT2D eigenvalue weighted by Crippen LogP contribution is 2.48. The fourth-order valence-electron chi connectivity index (χ4n) is 2.60. The summed E-state index contributed by atoms with van der Waals surface area (Å²) in [7, 11) is -7.47. The molecule has 0 saturated heterocycles. The van der Waals surface area contributed by atoms with Gasteiger partial charge in [-0.25, -0.2) is 22.0 Å². The highest BCUT2D eigenvalue weighted by atomic mass is 32.3. The van der Waals surface area contributed by atoms with Gasteiger partial charge in [0.15, 0.2) is 0 Å². The minimum absolute atomic E-state index is 0.130. The van der Waals surface area contributed by atoms with Crippen LogP contribution in [0.5, 0.6) is 0 Å². The van der Waals surface area contributed by atoms with Crippen molar-refractivity contribution < 1.29 is 21.6 Å². The van der Waals surface area contributed by atoms with E-state index < -0.39 is 24.4 Å². The average Bonchev–Trinajstić information content (AvgIpc) is 2.90. The quantitative estimate of drug-likeness (QED) is 0.622. The van der Waals surface area contributed by atoms with E-state index in [4.69, 9.17) is 9.88 Å². The van der Waals surface area contributed by atoms with E-state index in [0.717, 1.165) is 11.8 Å². The molecule has 0 aromatic heterocycles. The summed E-state index contributed by atoms with van der Waals surface area (Å²) in [5.41, 5.74) is 0.594. The fraction of sp³-hybridized carbons (Fsp3) is 0.692. The number of sulfone groups is 1. The molecule has 0 spiro atoms. The van der Waals surface area contributed by atoms with E-state index in [2.05, 4.69) is 5.32 Å². The van der Waals surface area contributed by atoms with Crippen LogP contribution in [-0.2, 0) is 24.6 Å². The molecule has 0 fully saturated rings. The molecule has 0 amide bonds. The van der Waals surface area contributed by atoms with Crippen molar-refractivity contribution in [3.05, 3.63) is 20.8 Å². The number of hydrogen-bond acceptors (Lipinski definition) is 7. The highest BCUT2D eigenvalue weighted by molar-refractivity contribution is 8.25. The molecular formula is C13H22N2O5S3. The lowest BCUT2D eigenvalue weighted by atomic mass is 10.1. The monoisotopic (exact) mass is 382 g/mol.